The van der Waals surface area contributed by atoms with E-state index in [0.29, 0.717) is 0 Å². The summed E-state index contributed by atoms with van der Waals surface area (Å²) >= 11 is 0. The number of ether oxygens (including phenoxy) is 1. The minimum absolute atomic E-state index is 0.139. The van der Waals surface area contributed by atoms with Gasteiger partial charge in [-0.3, -0.25) is 4.98 Å². The molecule has 3 rings (SSSR count). The zero-order valence-corrected chi connectivity index (χ0v) is 11.9. The van der Waals surface area contributed by atoms with Crippen molar-refractivity contribution in [3.05, 3.63) is 36.0 Å². The molecule has 0 atom stereocenters. The van der Waals surface area contributed by atoms with E-state index in [9.17, 15) is 0 Å². The quantitative estimate of drug-likeness (QED) is 0.900. The second-order valence-corrected chi connectivity index (χ2v) is 5.75. The van der Waals surface area contributed by atoms with Crippen LogP contribution in [0.1, 0.15) is 25.5 Å². The molecule has 1 aromatic heterocycles. The first-order chi connectivity index (χ1) is 9.66. The smallest absolute Gasteiger partial charge is 0.0726 e. The van der Waals surface area contributed by atoms with Gasteiger partial charge in [-0.15, -0.1) is 0 Å². The fraction of sp³-hybridized carbons (Fsp3) is 0.438. The SMILES string of the molecule is CC1(NCc2cc(N)c3ccccc3n2)CCOCC1. The zero-order valence-electron chi connectivity index (χ0n) is 11.9. The summed E-state index contributed by atoms with van der Waals surface area (Å²) in [7, 11) is 0. The monoisotopic (exact) mass is 271 g/mol. The number of fused-ring (bicyclic) bond motifs is 1. The van der Waals surface area contributed by atoms with Gasteiger partial charge in [-0.2, -0.15) is 0 Å². The minimum Gasteiger partial charge on any atom is -0.398 e. The summed E-state index contributed by atoms with van der Waals surface area (Å²) in [5.41, 5.74) is 9.00. The van der Waals surface area contributed by atoms with E-state index in [4.69, 9.17) is 10.5 Å². The van der Waals surface area contributed by atoms with Crippen molar-refractivity contribution < 1.29 is 4.74 Å². The van der Waals surface area contributed by atoms with Gasteiger partial charge in [0.05, 0.1) is 11.2 Å². The molecule has 1 aromatic carbocycles. The summed E-state index contributed by atoms with van der Waals surface area (Å²) < 4.78 is 5.42. The number of hydrogen-bond acceptors (Lipinski definition) is 4. The molecule has 0 spiro atoms. The maximum absolute atomic E-state index is 6.11. The van der Waals surface area contributed by atoms with Crippen molar-refractivity contribution in [3.63, 3.8) is 0 Å². The van der Waals surface area contributed by atoms with Gasteiger partial charge in [0.1, 0.15) is 0 Å². The number of nitrogens with one attached hydrogen (secondary N) is 1. The number of nitrogen functional groups attached to an aromatic ring is 1. The van der Waals surface area contributed by atoms with Gasteiger partial charge in [0.2, 0.25) is 0 Å². The van der Waals surface area contributed by atoms with Gasteiger partial charge in [-0.05, 0) is 31.9 Å². The van der Waals surface area contributed by atoms with Gasteiger partial charge in [0.15, 0.2) is 0 Å². The number of nitrogens with two attached hydrogens (primary N) is 1. The standard InChI is InChI=1S/C16H21N3O/c1-16(6-8-20-9-7-16)18-11-12-10-14(17)13-4-2-3-5-15(13)19-12/h2-5,10,18H,6-9,11H2,1H3,(H2,17,19). The van der Waals surface area contributed by atoms with Crippen LogP contribution in [0.25, 0.3) is 10.9 Å². The number of anilines is 1. The first-order valence-corrected chi connectivity index (χ1v) is 7.13. The average molecular weight is 271 g/mol. The number of aromatic nitrogens is 1. The lowest BCUT2D eigenvalue weighted by Crippen LogP contribution is -2.46. The van der Waals surface area contributed by atoms with E-state index in [-0.39, 0.29) is 5.54 Å². The van der Waals surface area contributed by atoms with Crippen molar-refractivity contribution in [2.24, 2.45) is 0 Å². The van der Waals surface area contributed by atoms with Crippen molar-refractivity contribution in [2.45, 2.75) is 31.8 Å². The number of nitrogens with zero attached hydrogens (tertiary/aromatic N) is 1. The third-order valence-electron chi connectivity index (χ3n) is 4.09. The van der Waals surface area contributed by atoms with Crippen LogP contribution in [0.15, 0.2) is 30.3 Å². The normalized spacial score (nSPS) is 18.2. The lowest BCUT2D eigenvalue weighted by atomic mass is 9.92. The van der Waals surface area contributed by atoms with Crippen LogP contribution in [-0.2, 0) is 11.3 Å². The van der Waals surface area contributed by atoms with Crippen molar-refractivity contribution in [3.8, 4) is 0 Å². The molecule has 4 heteroatoms. The highest BCUT2D eigenvalue weighted by Crippen LogP contribution is 2.22. The largest absolute Gasteiger partial charge is 0.398 e. The highest BCUT2D eigenvalue weighted by Gasteiger charge is 2.26. The number of para-hydroxylation sites is 1. The van der Waals surface area contributed by atoms with Crippen LogP contribution < -0.4 is 11.1 Å². The number of rotatable bonds is 3. The lowest BCUT2D eigenvalue weighted by Gasteiger charge is -2.34. The summed E-state index contributed by atoms with van der Waals surface area (Å²) in [5.74, 6) is 0. The summed E-state index contributed by atoms with van der Waals surface area (Å²) in [4.78, 5) is 4.68. The molecule has 3 N–H and O–H groups in total. The zero-order chi connectivity index (χ0) is 14.0. The van der Waals surface area contributed by atoms with E-state index < -0.39 is 0 Å². The van der Waals surface area contributed by atoms with Gasteiger partial charge in [-0.25, -0.2) is 0 Å². The number of benzene rings is 1. The van der Waals surface area contributed by atoms with E-state index in [1.54, 1.807) is 0 Å². The van der Waals surface area contributed by atoms with Crippen LogP contribution in [0.5, 0.6) is 0 Å². The Morgan fingerprint density at radius 3 is 2.85 bits per heavy atom. The van der Waals surface area contributed by atoms with Crippen LogP contribution >= 0.6 is 0 Å². The Morgan fingerprint density at radius 2 is 2.05 bits per heavy atom. The van der Waals surface area contributed by atoms with Crippen LogP contribution in [0, 0.1) is 0 Å². The van der Waals surface area contributed by atoms with Gasteiger partial charge in [-0.1, -0.05) is 18.2 Å². The molecule has 1 saturated heterocycles. The Bertz CT molecular complexity index is 606. The average Bonchev–Trinajstić information content (AvgIpc) is 2.46. The van der Waals surface area contributed by atoms with Gasteiger partial charge in [0, 0.05) is 36.4 Å². The van der Waals surface area contributed by atoms with Gasteiger partial charge < -0.3 is 15.8 Å². The molecule has 2 aromatic rings. The molecule has 106 valence electrons. The molecule has 0 amide bonds. The van der Waals surface area contributed by atoms with Crippen molar-refractivity contribution >= 4 is 16.6 Å². The predicted octanol–water partition coefficient (Wildman–Crippen LogP) is 2.48. The topological polar surface area (TPSA) is 60.2 Å². The molecule has 20 heavy (non-hydrogen) atoms. The number of pyridine rings is 1. The van der Waals surface area contributed by atoms with E-state index in [2.05, 4.69) is 17.2 Å². The maximum atomic E-state index is 6.11. The number of hydrogen-bond donors (Lipinski definition) is 2. The maximum Gasteiger partial charge on any atom is 0.0726 e. The second-order valence-electron chi connectivity index (χ2n) is 5.75. The van der Waals surface area contributed by atoms with E-state index in [1.807, 2.05) is 30.3 Å². The Morgan fingerprint density at radius 1 is 1.30 bits per heavy atom. The first kappa shape index (κ1) is 13.3. The summed E-state index contributed by atoms with van der Waals surface area (Å²) in [6.07, 6.45) is 2.08. The fourth-order valence-electron chi connectivity index (χ4n) is 2.65. The Kier molecular flexibility index (Phi) is 3.59. The van der Waals surface area contributed by atoms with Crippen molar-refractivity contribution in [1.29, 1.82) is 0 Å². The second kappa shape index (κ2) is 5.38. The molecule has 4 nitrogen and oxygen atoms in total. The molecule has 0 bridgehead atoms. The molecular weight excluding hydrogens is 250 g/mol. The third-order valence-corrected chi connectivity index (χ3v) is 4.09. The molecule has 0 radical (unpaired) electrons. The fourth-order valence-corrected chi connectivity index (χ4v) is 2.65. The minimum atomic E-state index is 0.139. The van der Waals surface area contributed by atoms with Gasteiger partial charge >= 0.3 is 0 Å². The third kappa shape index (κ3) is 2.76. The van der Waals surface area contributed by atoms with Crippen LogP contribution in [0.4, 0.5) is 5.69 Å². The molecule has 1 aliphatic rings. The molecular formula is C16H21N3O. The Balaban J connectivity index is 1.77. The molecule has 0 aliphatic carbocycles. The Hall–Kier alpha value is -1.65. The lowest BCUT2D eigenvalue weighted by molar-refractivity contribution is 0.0445. The molecule has 0 unspecified atom stereocenters. The van der Waals surface area contributed by atoms with Crippen molar-refractivity contribution in [1.82, 2.24) is 10.3 Å². The highest BCUT2D eigenvalue weighted by molar-refractivity contribution is 5.90. The van der Waals surface area contributed by atoms with Crippen LogP contribution in [0.2, 0.25) is 0 Å². The first-order valence-electron chi connectivity index (χ1n) is 7.13. The highest BCUT2D eigenvalue weighted by atomic mass is 16.5. The Labute approximate surface area is 119 Å². The molecule has 1 aliphatic heterocycles. The van der Waals surface area contributed by atoms with Crippen LogP contribution in [0.3, 0.4) is 0 Å². The molecule has 2 heterocycles. The van der Waals surface area contributed by atoms with E-state index >= 15 is 0 Å². The van der Waals surface area contributed by atoms with Crippen molar-refractivity contribution in [2.75, 3.05) is 18.9 Å². The summed E-state index contributed by atoms with van der Waals surface area (Å²) in [5, 5.41) is 4.63. The van der Waals surface area contributed by atoms with Gasteiger partial charge in [0.25, 0.3) is 0 Å². The molecule has 0 saturated carbocycles. The summed E-state index contributed by atoms with van der Waals surface area (Å²) in [6, 6.07) is 9.96. The summed E-state index contributed by atoms with van der Waals surface area (Å²) in [6.45, 7) is 4.65. The van der Waals surface area contributed by atoms with E-state index in [1.165, 1.54) is 0 Å². The molecule has 1 fully saturated rings. The van der Waals surface area contributed by atoms with Crippen LogP contribution in [-0.4, -0.2) is 23.7 Å². The predicted molar refractivity (Wildman–Crippen MR) is 81.5 cm³/mol. The van der Waals surface area contributed by atoms with E-state index in [0.717, 1.165) is 54.9 Å².